The number of thiazole rings is 1. The molecule has 2 heterocycles. The van der Waals surface area contributed by atoms with Crippen LogP contribution in [0.5, 0.6) is 0 Å². The average Bonchev–Trinajstić information content (AvgIpc) is 3.05. The van der Waals surface area contributed by atoms with E-state index in [0.29, 0.717) is 19.5 Å². The van der Waals surface area contributed by atoms with Gasteiger partial charge in [-0.05, 0) is 37.0 Å². The second-order valence-electron chi connectivity index (χ2n) is 6.68. The maximum atomic E-state index is 12.5. The van der Waals surface area contributed by atoms with Crippen LogP contribution in [0.3, 0.4) is 0 Å². The number of aromatic nitrogens is 1. The standard InChI is InChI=1S/C18H24N4O3S2/c1-4-15(17-19-12(2)11-26-17)20-18(23)21-16-7-5-6-13-10-22(27(3,24)25)9-8-14(13)16/h5-7,11,15H,4,8-10H2,1-3H3,(H2,20,21,23). The zero-order chi connectivity index (χ0) is 19.6. The van der Waals surface area contributed by atoms with Crippen molar-refractivity contribution in [2.75, 3.05) is 18.1 Å². The normalized spacial score (nSPS) is 15.8. The molecular formula is C18H24N4O3S2. The summed E-state index contributed by atoms with van der Waals surface area (Å²) in [5.74, 6) is 0. The summed E-state index contributed by atoms with van der Waals surface area (Å²) >= 11 is 1.54. The molecule has 7 nitrogen and oxygen atoms in total. The van der Waals surface area contributed by atoms with Crippen molar-refractivity contribution in [2.45, 2.75) is 39.3 Å². The van der Waals surface area contributed by atoms with Crippen LogP contribution in [-0.4, -0.2) is 36.5 Å². The van der Waals surface area contributed by atoms with Gasteiger partial charge in [-0.25, -0.2) is 18.2 Å². The van der Waals surface area contributed by atoms with Crippen molar-refractivity contribution in [1.29, 1.82) is 0 Å². The van der Waals surface area contributed by atoms with Crippen LogP contribution in [0.1, 0.15) is 41.2 Å². The third kappa shape index (κ3) is 4.66. The first-order chi connectivity index (χ1) is 12.8. The molecule has 1 aromatic heterocycles. The van der Waals surface area contributed by atoms with E-state index in [1.54, 1.807) is 0 Å². The van der Waals surface area contributed by atoms with E-state index >= 15 is 0 Å². The quantitative estimate of drug-likeness (QED) is 0.795. The lowest BCUT2D eigenvalue weighted by Crippen LogP contribution is -2.36. The molecule has 2 amide bonds. The Balaban J connectivity index is 1.72. The van der Waals surface area contributed by atoms with Gasteiger partial charge in [-0.3, -0.25) is 0 Å². The molecule has 1 aliphatic heterocycles. The van der Waals surface area contributed by atoms with Gasteiger partial charge < -0.3 is 10.6 Å². The third-order valence-electron chi connectivity index (χ3n) is 4.60. The number of hydrogen-bond acceptors (Lipinski definition) is 5. The van der Waals surface area contributed by atoms with Crippen LogP contribution >= 0.6 is 11.3 Å². The van der Waals surface area contributed by atoms with E-state index in [1.807, 2.05) is 37.4 Å². The summed E-state index contributed by atoms with van der Waals surface area (Å²) in [5, 5.41) is 8.76. The molecule has 2 N–H and O–H groups in total. The lowest BCUT2D eigenvalue weighted by atomic mass is 9.99. The van der Waals surface area contributed by atoms with Crippen LogP contribution in [0.25, 0.3) is 0 Å². The molecule has 27 heavy (non-hydrogen) atoms. The van der Waals surface area contributed by atoms with Gasteiger partial charge in [0.1, 0.15) is 5.01 Å². The molecule has 0 saturated carbocycles. The molecule has 1 aliphatic rings. The molecule has 0 spiro atoms. The fraction of sp³-hybridized carbons (Fsp3) is 0.444. The van der Waals surface area contributed by atoms with Crippen LogP contribution in [0.2, 0.25) is 0 Å². The Morgan fingerprint density at radius 1 is 1.41 bits per heavy atom. The van der Waals surface area contributed by atoms with Crippen LogP contribution < -0.4 is 10.6 Å². The molecular weight excluding hydrogens is 384 g/mol. The average molecular weight is 409 g/mol. The van der Waals surface area contributed by atoms with Crippen molar-refractivity contribution in [3.05, 3.63) is 45.4 Å². The summed E-state index contributed by atoms with van der Waals surface area (Å²) in [6.45, 7) is 4.69. The molecule has 0 fully saturated rings. The van der Waals surface area contributed by atoms with Crippen LogP contribution in [-0.2, 0) is 23.0 Å². The number of carbonyl (C=O) groups excluding carboxylic acids is 1. The first-order valence-electron chi connectivity index (χ1n) is 8.83. The monoisotopic (exact) mass is 408 g/mol. The Morgan fingerprint density at radius 3 is 2.81 bits per heavy atom. The number of rotatable bonds is 5. The predicted molar refractivity (Wildman–Crippen MR) is 107 cm³/mol. The number of aryl methyl sites for hydroxylation is 1. The van der Waals surface area contributed by atoms with Crippen molar-refractivity contribution in [3.63, 3.8) is 0 Å². The highest BCUT2D eigenvalue weighted by molar-refractivity contribution is 7.88. The first-order valence-corrected chi connectivity index (χ1v) is 11.6. The van der Waals surface area contributed by atoms with Gasteiger partial charge in [0.15, 0.2) is 0 Å². The molecule has 0 bridgehead atoms. The Bertz CT molecular complexity index is 940. The zero-order valence-electron chi connectivity index (χ0n) is 15.7. The lowest BCUT2D eigenvalue weighted by molar-refractivity contribution is 0.248. The SMILES string of the molecule is CCC(NC(=O)Nc1cccc2c1CCN(S(C)(=O)=O)C2)c1nc(C)cs1. The number of hydrogen-bond donors (Lipinski definition) is 2. The molecule has 146 valence electrons. The highest BCUT2D eigenvalue weighted by Gasteiger charge is 2.25. The van der Waals surface area contributed by atoms with E-state index in [9.17, 15) is 13.2 Å². The summed E-state index contributed by atoms with van der Waals surface area (Å²) in [6.07, 6.45) is 2.54. The Kier molecular flexibility index (Phi) is 5.83. The smallest absolute Gasteiger partial charge is 0.319 e. The number of carbonyl (C=O) groups is 1. The minimum atomic E-state index is -3.22. The third-order valence-corrected chi connectivity index (χ3v) is 6.92. The fourth-order valence-corrected chi connectivity index (χ4v) is 4.90. The maximum Gasteiger partial charge on any atom is 0.319 e. The van der Waals surface area contributed by atoms with Crippen LogP contribution in [0, 0.1) is 6.92 Å². The fourth-order valence-electron chi connectivity index (χ4n) is 3.17. The van der Waals surface area contributed by atoms with E-state index in [1.165, 1.54) is 21.9 Å². The molecule has 9 heteroatoms. The predicted octanol–water partition coefficient (Wildman–Crippen LogP) is 3.04. The summed E-state index contributed by atoms with van der Waals surface area (Å²) in [4.78, 5) is 17.0. The van der Waals surface area contributed by atoms with Gasteiger partial charge >= 0.3 is 6.03 Å². The Hall–Kier alpha value is -1.97. The van der Waals surface area contributed by atoms with E-state index in [2.05, 4.69) is 15.6 Å². The number of nitrogens with zero attached hydrogens (tertiary/aromatic N) is 2. The second-order valence-corrected chi connectivity index (χ2v) is 9.55. The van der Waals surface area contributed by atoms with Crippen molar-refractivity contribution in [1.82, 2.24) is 14.6 Å². The summed E-state index contributed by atoms with van der Waals surface area (Å²) in [6, 6.07) is 5.17. The van der Waals surface area contributed by atoms with Gasteiger partial charge in [-0.15, -0.1) is 11.3 Å². The van der Waals surface area contributed by atoms with Crippen LogP contribution in [0.4, 0.5) is 10.5 Å². The molecule has 0 aliphatic carbocycles. The highest BCUT2D eigenvalue weighted by Crippen LogP contribution is 2.27. The van der Waals surface area contributed by atoms with Crippen molar-refractivity contribution in [2.24, 2.45) is 0 Å². The second kappa shape index (κ2) is 7.95. The Morgan fingerprint density at radius 2 is 2.19 bits per heavy atom. The van der Waals surface area contributed by atoms with Crippen molar-refractivity contribution in [3.8, 4) is 0 Å². The molecule has 1 unspecified atom stereocenters. The van der Waals surface area contributed by atoms with Gasteiger partial charge in [0, 0.05) is 29.9 Å². The number of urea groups is 1. The minimum Gasteiger partial charge on any atom is -0.329 e. The maximum absolute atomic E-state index is 12.5. The number of fused-ring (bicyclic) bond motifs is 1. The van der Waals surface area contributed by atoms with Gasteiger partial charge in [-0.1, -0.05) is 19.1 Å². The van der Waals surface area contributed by atoms with E-state index in [0.717, 1.165) is 33.9 Å². The number of sulfonamides is 1. The first kappa shape index (κ1) is 19.8. The number of nitrogens with one attached hydrogen (secondary N) is 2. The summed E-state index contributed by atoms with van der Waals surface area (Å²) in [5.41, 5.74) is 3.59. The number of benzene rings is 1. The van der Waals surface area contributed by atoms with Crippen LogP contribution in [0.15, 0.2) is 23.6 Å². The molecule has 0 saturated heterocycles. The number of anilines is 1. The minimum absolute atomic E-state index is 0.135. The molecule has 1 aromatic carbocycles. The van der Waals surface area contributed by atoms with Gasteiger partial charge in [0.05, 0.1) is 12.3 Å². The number of amides is 2. The molecule has 0 radical (unpaired) electrons. The van der Waals surface area contributed by atoms with E-state index in [-0.39, 0.29) is 12.1 Å². The highest BCUT2D eigenvalue weighted by atomic mass is 32.2. The Labute approximate surface area is 163 Å². The van der Waals surface area contributed by atoms with E-state index < -0.39 is 10.0 Å². The van der Waals surface area contributed by atoms with Crippen molar-refractivity contribution < 1.29 is 13.2 Å². The van der Waals surface area contributed by atoms with Gasteiger partial charge in [0.2, 0.25) is 10.0 Å². The van der Waals surface area contributed by atoms with E-state index in [4.69, 9.17) is 0 Å². The molecule has 2 aromatic rings. The largest absolute Gasteiger partial charge is 0.329 e. The van der Waals surface area contributed by atoms with Crippen molar-refractivity contribution >= 4 is 33.1 Å². The topological polar surface area (TPSA) is 91.4 Å². The molecule has 1 atom stereocenters. The molecule has 3 rings (SSSR count). The summed E-state index contributed by atoms with van der Waals surface area (Å²) in [7, 11) is -3.22. The van der Waals surface area contributed by atoms with Gasteiger partial charge in [-0.2, -0.15) is 4.31 Å². The van der Waals surface area contributed by atoms with Gasteiger partial charge in [0.25, 0.3) is 0 Å². The lowest BCUT2D eigenvalue weighted by Gasteiger charge is -2.28. The summed E-state index contributed by atoms with van der Waals surface area (Å²) < 4.78 is 25.0. The zero-order valence-corrected chi connectivity index (χ0v) is 17.3.